The van der Waals surface area contributed by atoms with Crippen molar-refractivity contribution in [3.63, 3.8) is 0 Å². The predicted molar refractivity (Wildman–Crippen MR) is 113 cm³/mol. The van der Waals surface area contributed by atoms with Gasteiger partial charge in [0.05, 0.1) is 51.9 Å². The molecule has 8 heteroatoms. The molecular weight excluding hydrogens is 413 g/mol. The van der Waals surface area contributed by atoms with Crippen molar-refractivity contribution in [2.75, 3.05) is 12.4 Å². The average Bonchev–Trinajstić information content (AvgIpc) is 2.97. The van der Waals surface area contributed by atoms with E-state index >= 15 is 0 Å². The molecule has 3 rings (SSSR count). The Hall–Kier alpha value is -2.83. The molecule has 0 fully saturated rings. The summed E-state index contributed by atoms with van der Waals surface area (Å²) < 4.78 is 6.58. The number of carbonyl (C=O) groups excluding carboxylic acids is 2. The Morgan fingerprint density at radius 2 is 1.76 bits per heavy atom. The summed E-state index contributed by atoms with van der Waals surface area (Å²) in [6.45, 7) is 3.99. The molecule has 0 radical (unpaired) electrons. The molecule has 3 aromatic rings. The van der Waals surface area contributed by atoms with E-state index in [1.165, 1.54) is 7.11 Å². The van der Waals surface area contributed by atoms with Crippen molar-refractivity contribution in [2.24, 2.45) is 0 Å². The zero-order valence-corrected chi connectivity index (χ0v) is 17.6. The van der Waals surface area contributed by atoms with Gasteiger partial charge < -0.3 is 10.1 Å². The molecule has 1 amide bonds. The van der Waals surface area contributed by atoms with Gasteiger partial charge in [-0.2, -0.15) is 5.10 Å². The minimum atomic E-state index is -0.411. The molecule has 0 spiro atoms. The number of rotatable bonds is 5. The number of halogens is 2. The lowest BCUT2D eigenvalue weighted by Gasteiger charge is -2.10. The average molecular weight is 432 g/mol. The van der Waals surface area contributed by atoms with Crippen LogP contribution in [0.5, 0.6) is 0 Å². The number of methoxy groups -OCH3 is 1. The molecule has 1 N–H and O–H groups in total. The van der Waals surface area contributed by atoms with Crippen LogP contribution in [0.4, 0.5) is 5.69 Å². The standard InChI is InChI=1S/C21H19Cl2N3O3/c1-12-19(24-20(27)16-9-6-10-17(22)18(16)23)13(2)26(25-12)11-14-7-4-5-8-15(14)21(28)29-3/h4-10H,11H2,1-3H3,(H,24,27). The molecule has 0 aliphatic rings. The van der Waals surface area contributed by atoms with E-state index in [2.05, 4.69) is 10.4 Å². The van der Waals surface area contributed by atoms with E-state index in [0.717, 1.165) is 11.3 Å². The smallest absolute Gasteiger partial charge is 0.338 e. The minimum Gasteiger partial charge on any atom is -0.465 e. The summed E-state index contributed by atoms with van der Waals surface area (Å²) in [4.78, 5) is 24.7. The summed E-state index contributed by atoms with van der Waals surface area (Å²) >= 11 is 12.2. The predicted octanol–water partition coefficient (Wildman–Crippen LogP) is 4.89. The van der Waals surface area contributed by atoms with Crippen LogP contribution in [0.3, 0.4) is 0 Å². The third-order valence-electron chi connectivity index (χ3n) is 4.56. The molecular formula is C21H19Cl2N3O3. The highest BCUT2D eigenvalue weighted by Gasteiger charge is 2.19. The number of hydrogen-bond donors (Lipinski definition) is 1. The largest absolute Gasteiger partial charge is 0.465 e. The van der Waals surface area contributed by atoms with Gasteiger partial charge in [0.2, 0.25) is 0 Å². The molecule has 1 heterocycles. The van der Waals surface area contributed by atoms with Gasteiger partial charge >= 0.3 is 5.97 Å². The lowest BCUT2D eigenvalue weighted by atomic mass is 10.1. The monoisotopic (exact) mass is 431 g/mol. The maximum absolute atomic E-state index is 12.7. The van der Waals surface area contributed by atoms with E-state index in [9.17, 15) is 9.59 Å². The number of benzene rings is 2. The Bertz CT molecular complexity index is 1090. The first-order chi connectivity index (χ1) is 13.8. The number of aryl methyl sites for hydroxylation is 1. The topological polar surface area (TPSA) is 73.2 Å². The van der Waals surface area contributed by atoms with Crippen molar-refractivity contribution in [2.45, 2.75) is 20.4 Å². The number of esters is 1. The SMILES string of the molecule is COC(=O)c1ccccc1Cn1nc(C)c(NC(=O)c2cccc(Cl)c2Cl)c1C. The first-order valence-electron chi connectivity index (χ1n) is 8.79. The normalized spacial score (nSPS) is 10.7. The second-order valence-corrected chi connectivity index (χ2v) is 7.19. The Labute approximate surface area is 178 Å². The fourth-order valence-electron chi connectivity index (χ4n) is 3.02. The molecule has 0 unspecified atom stereocenters. The first kappa shape index (κ1) is 20.9. The first-order valence-corrected chi connectivity index (χ1v) is 9.54. The van der Waals surface area contributed by atoms with Gasteiger partial charge in [0.15, 0.2) is 0 Å². The maximum atomic E-state index is 12.7. The minimum absolute atomic E-state index is 0.196. The van der Waals surface area contributed by atoms with E-state index in [1.807, 2.05) is 19.1 Å². The van der Waals surface area contributed by atoms with Crippen LogP contribution in [0.25, 0.3) is 0 Å². The molecule has 29 heavy (non-hydrogen) atoms. The van der Waals surface area contributed by atoms with Gasteiger partial charge in [0.25, 0.3) is 5.91 Å². The van der Waals surface area contributed by atoms with E-state index in [0.29, 0.717) is 28.5 Å². The number of aromatic nitrogens is 2. The van der Waals surface area contributed by atoms with Crippen LogP contribution >= 0.6 is 23.2 Å². The summed E-state index contributed by atoms with van der Waals surface area (Å²) in [5.41, 5.74) is 3.49. The highest BCUT2D eigenvalue weighted by atomic mass is 35.5. The van der Waals surface area contributed by atoms with Crippen LogP contribution in [0.2, 0.25) is 10.0 Å². The summed E-state index contributed by atoms with van der Waals surface area (Å²) in [6.07, 6.45) is 0. The quantitative estimate of drug-likeness (QED) is 0.583. The molecule has 0 atom stereocenters. The second-order valence-electron chi connectivity index (χ2n) is 6.41. The molecule has 0 aliphatic carbocycles. The van der Waals surface area contributed by atoms with Gasteiger partial charge in [-0.1, -0.05) is 47.5 Å². The lowest BCUT2D eigenvalue weighted by Crippen LogP contribution is -2.14. The zero-order chi connectivity index (χ0) is 21.1. The van der Waals surface area contributed by atoms with Crippen LogP contribution in [0, 0.1) is 13.8 Å². The van der Waals surface area contributed by atoms with Crippen LogP contribution < -0.4 is 5.32 Å². The van der Waals surface area contributed by atoms with E-state index in [-0.39, 0.29) is 16.5 Å². The molecule has 0 saturated heterocycles. The maximum Gasteiger partial charge on any atom is 0.338 e. The van der Waals surface area contributed by atoms with E-state index < -0.39 is 5.97 Å². The number of nitrogens with zero attached hydrogens (tertiary/aromatic N) is 2. The van der Waals surface area contributed by atoms with Crippen molar-refractivity contribution >= 4 is 40.8 Å². The highest BCUT2D eigenvalue weighted by Crippen LogP contribution is 2.28. The molecule has 2 aromatic carbocycles. The van der Waals surface area contributed by atoms with Crippen molar-refractivity contribution in [1.29, 1.82) is 0 Å². The van der Waals surface area contributed by atoms with Gasteiger partial charge in [0.1, 0.15) is 0 Å². The molecule has 1 aromatic heterocycles. The van der Waals surface area contributed by atoms with Crippen molar-refractivity contribution < 1.29 is 14.3 Å². The second kappa shape index (κ2) is 8.68. The number of anilines is 1. The molecule has 150 valence electrons. The number of amides is 1. The number of carbonyl (C=O) groups is 2. The van der Waals surface area contributed by atoms with Crippen LogP contribution in [0.15, 0.2) is 42.5 Å². The third-order valence-corrected chi connectivity index (χ3v) is 5.38. The van der Waals surface area contributed by atoms with Gasteiger partial charge in [0, 0.05) is 0 Å². The number of ether oxygens (including phenoxy) is 1. The Morgan fingerprint density at radius 3 is 2.48 bits per heavy atom. The van der Waals surface area contributed by atoms with E-state index in [4.69, 9.17) is 27.9 Å². The molecule has 0 bridgehead atoms. The van der Waals surface area contributed by atoms with Crippen molar-refractivity contribution in [3.05, 3.63) is 80.6 Å². The zero-order valence-electron chi connectivity index (χ0n) is 16.1. The summed E-state index contributed by atoms with van der Waals surface area (Å²) in [6, 6.07) is 12.0. The van der Waals surface area contributed by atoms with Crippen LogP contribution in [-0.2, 0) is 11.3 Å². The molecule has 6 nitrogen and oxygen atoms in total. The number of hydrogen-bond acceptors (Lipinski definition) is 4. The highest BCUT2D eigenvalue weighted by molar-refractivity contribution is 6.44. The lowest BCUT2D eigenvalue weighted by molar-refractivity contribution is 0.0599. The van der Waals surface area contributed by atoms with Gasteiger partial charge in [-0.05, 0) is 37.6 Å². The summed E-state index contributed by atoms with van der Waals surface area (Å²) in [5, 5.41) is 7.87. The molecule has 0 saturated carbocycles. The van der Waals surface area contributed by atoms with Crippen LogP contribution in [0.1, 0.15) is 37.7 Å². The third kappa shape index (κ3) is 4.28. The van der Waals surface area contributed by atoms with Crippen LogP contribution in [-0.4, -0.2) is 28.8 Å². The Morgan fingerprint density at radius 1 is 1.07 bits per heavy atom. The van der Waals surface area contributed by atoms with Gasteiger partial charge in [-0.25, -0.2) is 4.79 Å². The van der Waals surface area contributed by atoms with Crippen molar-refractivity contribution in [3.8, 4) is 0 Å². The van der Waals surface area contributed by atoms with Gasteiger partial charge in [-0.15, -0.1) is 0 Å². The van der Waals surface area contributed by atoms with Gasteiger partial charge in [-0.3, -0.25) is 9.48 Å². The Balaban J connectivity index is 1.89. The fourth-order valence-corrected chi connectivity index (χ4v) is 3.41. The van der Waals surface area contributed by atoms with Crippen molar-refractivity contribution in [1.82, 2.24) is 9.78 Å². The molecule has 0 aliphatic heterocycles. The fraction of sp³-hybridized carbons (Fsp3) is 0.190. The summed E-state index contributed by atoms with van der Waals surface area (Å²) in [7, 11) is 1.34. The Kier molecular flexibility index (Phi) is 6.25. The number of nitrogens with one attached hydrogen (secondary N) is 1. The van der Waals surface area contributed by atoms with E-state index in [1.54, 1.807) is 41.9 Å². The summed E-state index contributed by atoms with van der Waals surface area (Å²) in [5.74, 6) is -0.788.